The number of anilines is 1. The molecule has 0 saturated carbocycles. The number of nitrogens with zero attached hydrogens (tertiary/aromatic N) is 3. The summed E-state index contributed by atoms with van der Waals surface area (Å²) in [6, 6.07) is 11.3. The van der Waals surface area contributed by atoms with E-state index < -0.39 is 23.6 Å². The number of carboxylic acid groups (broad SMARTS) is 1. The second kappa shape index (κ2) is 10.5. The molecule has 2 heterocycles. The number of hydrogen-bond donors (Lipinski definition) is 1. The van der Waals surface area contributed by atoms with Crippen molar-refractivity contribution < 1.29 is 23.8 Å². The highest BCUT2D eigenvalue weighted by Gasteiger charge is 2.39. The molecule has 0 fully saturated rings. The summed E-state index contributed by atoms with van der Waals surface area (Å²) in [5.74, 6) is -1.24. The average Bonchev–Trinajstić information content (AvgIpc) is 3.26. The molecule has 0 saturated heterocycles. The molecule has 0 bridgehead atoms. The van der Waals surface area contributed by atoms with Gasteiger partial charge in [-0.25, -0.2) is 19.2 Å². The molecule has 2 aromatic heterocycles. The van der Waals surface area contributed by atoms with Gasteiger partial charge < -0.3 is 9.84 Å². The summed E-state index contributed by atoms with van der Waals surface area (Å²) in [4.78, 5) is 36.3. The first-order valence-corrected chi connectivity index (χ1v) is 12.2. The van der Waals surface area contributed by atoms with E-state index in [0.29, 0.717) is 21.4 Å². The normalized spacial score (nSPS) is 19.7. The maximum Gasteiger partial charge on any atom is 0.332 e. The molecule has 36 heavy (non-hydrogen) atoms. The summed E-state index contributed by atoms with van der Waals surface area (Å²) in [6.07, 6.45) is 7.38. The van der Waals surface area contributed by atoms with Crippen molar-refractivity contribution in [1.29, 1.82) is 0 Å². The Morgan fingerprint density at radius 3 is 2.64 bits per heavy atom. The van der Waals surface area contributed by atoms with E-state index in [9.17, 15) is 19.1 Å². The predicted molar refractivity (Wildman–Crippen MR) is 137 cm³/mol. The van der Waals surface area contributed by atoms with E-state index in [1.807, 2.05) is 19.1 Å². The second-order valence-electron chi connectivity index (χ2n) is 8.81. The summed E-state index contributed by atoms with van der Waals surface area (Å²) in [5.41, 5.74) is 0.544. The van der Waals surface area contributed by atoms with Gasteiger partial charge in [0.15, 0.2) is 6.10 Å². The zero-order valence-electron chi connectivity index (χ0n) is 20.1. The number of hydrogen-bond acceptors (Lipinski definition) is 6. The number of aromatic nitrogens is 2. The van der Waals surface area contributed by atoms with Crippen LogP contribution in [-0.2, 0) is 9.53 Å². The number of carbonyl (C=O) groups is 2. The molecule has 186 valence electrons. The number of amides is 1. The SMILES string of the molecule is Cc1nc(-c2ccc(F)cc2)sc1C(=O)N(CC1(C)C=CC=CC1OC(C)C(=O)O)c1ccccn1. The summed E-state index contributed by atoms with van der Waals surface area (Å²) >= 11 is 1.23. The molecule has 1 amide bonds. The summed E-state index contributed by atoms with van der Waals surface area (Å²) in [5, 5.41) is 9.96. The minimum Gasteiger partial charge on any atom is -0.479 e. The van der Waals surface area contributed by atoms with Crippen molar-refractivity contribution in [1.82, 2.24) is 9.97 Å². The van der Waals surface area contributed by atoms with Gasteiger partial charge in [-0.15, -0.1) is 11.3 Å². The molecule has 0 radical (unpaired) electrons. The molecule has 0 aliphatic heterocycles. The van der Waals surface area contributed by atoms with Crippen molar-refractivity contribution in [3.8, 4) is 10.6 Å². The van der Waals surface area contributed by atoms with Crippen molar-refractivity contribution in [2.75, 3.05) is 11.4 Å². The van der Waals surface area contributed by atoms with Gasteiger partial charge in [-0.05, 0) is 50.2 Å². The van der Waals surface area contributed by atoms with Crippen LogP contribution in [0.3, 0.4) is 0 Å². The number of ether oxygens (including phenoxy) is 1. The molecule has 1 aliphatic rings. The standard InChI is InChI=1S/C27H26FN3O4S/c1-17-23(36-24(30-17)19-10-12-20(28)13-11-19)25(32)31(22-9-5-7-15-29-22)16-27(3)14-6-4-8-21(27)35-18(2)26(33)34/h4-15,18,21H,16H2,1-3H3,(H,33,34). The van der Waals surface area contributed by atoms with Crippen LogP contribution in [0.25, 0.3) is 10.6 Å². The van der Waals surface area contributed by atoms with Crippen molar-refractivity contribution in [2.24, 2.45) is 5.41 Å². The molecular weight excluding hydrogens is 481 g/mol. The fourth-order valence-electron chi connectivity index (χ4n) is 3.92. The monoisotopic (exact) mass is 507 g/mol. The molecule has 3 unspecified atom stereocenters. The third kappa shape index (κ3) is 5.42. The van der Waals surface area contributed by atoms with Gasteiger partial charge in [-0.3, -0.25) is 9.69 Å². The minimum atomic E-state index is -1.06. The summed E-state index contributed by atoms with van der Waals surface area (Å²) in [7, 11) is 0. The summed E-state index contributed by atoms with van der Waals surface area (Å²) < 4.78 is 19.2. The van der Waals surface area contributed by atoms with E-state index >= 15 is 0 Å². The number of aryl methyl sites for hydroxylation is 1. The number of aliphatic carboxylic acids is 1. The van der Waals surface area contributed by atoms with E-state index in [0.717, 1.165) is 5.56 Å². The van der Waals surface area contributed by atoms with Crippen LogP contribution in [0.4, 0.5) is 10.2 Å². The summed E-state index contributed by atoms with van der Waals surface area (Å²) in [6.45, 7) is 5.34. The lowest BCUT2D eigenvalue weighted by Crippen LogP contribution is -2.47. The first kappa shape index (κ1) is 25.4. The average molecular weight is 508 g/mol. The number of pyridine rings is 1. The van der Waals surface area contributed by atoms with E-state index in [1.165, 1.54) is 30.4 Å². The van der Waals surface area contributed by atoms with Crippen LogP contribution in [0, 0.1) is 18.2 Å². The van der Waals surface area contributed by atoms with E-state index in [1.54, 1.807) is 60.5 Å². The number of benzene rings is 1. The lowest BCUT2D eigenvalue weighted by Gasteiger charge is -2.39. The highest BCUT2D eigenvalue weighted by atomic mass is 32.1. The highest BCUT2D eigenvalue weighted by Crippen LogP contribution is 2.35. The number of halogens is 1. The highest BCUT2D eigenvalue weighted by molar-refractivity contribution is 7.17. The molecule has 0 spiro atoms. The van der Waals surface area contributed by atoms with Gasteiger partial charge in [0.1, 0.15) is 21.5 Å². The van der Waals surface area contributed by atoms with Crippen LogP contribution in [0.5, 0.6) is 0 Å². The third-order valence-electron chi connectivity index (χ3n) is 5.97. The maximum atomic E-state index is 13.9. The molecule has 1 N–H and O–H groups in total. The predicted octanol–water partition coefficient (Wildman–Crippen LogP) is 5.29. The lowest BCUT2D eigenvalue weighted by atomic mass is 9.80. The zero-order valence-corrected chi connectivity index (χ0v) is 20.9. The third-order valence-corrected chi connectivity index (χ3v) is 7.17. The minimum absolute atomic E-state index is 0.184. The van der Waals surface area contributed by atoms with Gasteiger partial charge in [0.25, 0.3) is 5.91 Å². The quantitative estimate of drug-likeness (QED) is 0.445. The van der Waals surface area contributed by atoms with Gasteiger partial charge in [0.05, 0.1) is 11.8 Å². The molecule has 1 aromatic carbocycles. The van der Waals surface area contributed by atoms with Crippen molar-refractivity contribution in [3.63, 3.8) is 0 Å². The number of allylic oxidation sites excluding steroid dienone is 2. The Hall–Kier alpha value is -3.69. The smallest absolute Gasteiger partial charge is 0.332 e. The number of rotatable bonds is 8. The van der Waals surface area contributed by atoms with Gasteiger partial charge in [-0.2, -0.15) is 0 Å². The molecule has 4 rings (SSSR count). The largest absolute Gasteiger partial charge is 0.479 e. The molecular formula is C27H26FN3O4S. The molecule has 7 nitrogen and oxygen atoms in total. The number of thiazole rings is 1. The Morgan fingerprint density at radius 2 is 1.97 bits per heavy atom. The van der Waals surface area contributed by atoms with E-state index in [-0.39, 0.29) is 18.3 Å². The molecule has 9 heteroatoms. The van der Waals surface area contributed by atoms with Gasteiger partial charge in [0, 0.05) is 23.7 Å². The maximum absolute atomic E-state index is 13.9. The second-order valence-corrected chi connectivity index (χ2v) is 9.81. The first-order valence-electron chi connectivity index (χ1n) is 11.4. The molecule has 3 aromatic rings. The van der Waals surface area contributed by atoms with Crippen molar-refractivity contribution in [3.05, 3.63) is 89.4 Å². The van der Waals surface area contributed by atoms with Gasteiger partial charge in [0.2, 0.25) is 0 Å². The van der Waals surface area contributed by atoms with Crippen LogP contribution in [0.2, 0.25) is 0 Å². The zero-order chi connectivity index (χ0) is 25.9. The first-order chi connectivity index (χ1) is 17.2. The van der Waals surface area contributed by atoms with Gasteiger partial charge >= 0.3 is 5.97 Å². The molecule has 1 aliphatic carbocycles. The van der Waals surface area contributed by atoms with Crippen molar-refractivity contribution >= 4 is 29.0 Å². The van der Waals surface area contributed by atoms with E-state index in [4.69, 9.17) is 4.74 Å². The van der Waals surface area contributed by atoms with Crippen LogP contribution in [-0.4, -0.2) is 45.7 Å². The fourth-order valence-corrected chi connectivity index (χ4v) is 4.94. The Bertz CT molecular complexity index is 1310. The van der Waals surface area contributed by atoms with Crippen molar-refractivity contribution in [2.45, 2.75) is 33.0 Å². The van der Waals surface area contributed by atoms with Crippen LogP contribution in [0.1, 0.15) is 29.2 Å². The van der Waals surface area contributed by atoms with Crippen LogP contribution < -0.4 is 4.90 Å². The van der Waals surface area contributed by atoms with E-state index in [2.05, 4.69) is 9.97 Å². The van der Waals surface area contributed by atoms with Gasteiger partial charge in [-0.1, -0.05) is 37.3 Å². The topological polar surface area (TPSA) is 92.6 Å². The Balaban J connectivity index is 1.69. The van der Waals surface area contributed by atoms with Crippen LogP contribution >= 0.6 is 11.3 Å². The Kier molecular flexibility index (Phi) is 7.42. The fraction of sp³-hybridized carbons (Fsp3) is 0.259. The Morgan fingerprint density at radius 1 is 1.22 bits per heavy atom. The number of carboxylic acids is 1. The number of carbonyl (C=O) groups excluding carboxylic acids is 1. The molecule has 3 atom stereocenters. The Labute approximate surface area is 212 Å². The lowest BCUT2D eigenvalue weighted by molar-refractivity contribution is -0.153. The van der Waals surface area contributed by atoms with Crippen LogP contribution in [0.15, 0.2) is 73.0 Å².